The Balaban J connectivity index is 1.79. The number of fused-ring (bicyclic) bond motifs is 1. The number of nitrogens with one attached hydrogen (secondary N) is 3. The quantitative estimate of drug-likeness (QED) is 0.251. The van der Waals surface area contributed by atoms with Crippen molar-refractivity contribution < 1.29 is 27.6 Å². The number of nitrogens with zero attached hydrogens (tertiary/aromatic N) is 1. The predicted molar refractivity (Wildman–Crippen MR) is 131 cm³/mol. The van der Waals surface area contributed by atoms with Crippen LogP contribution in [-0.2, 0) is 20.6 Å². The normalized spacial score (nSPS) is 13.8. The molecule has 1 aromatic heterocycles. The minimum Gasteiger partial charge on any atom is -0.375 e. The van der Waals surface area contributed by atoms with Crippen molar-refractivity contribution in [3.05, 3.63) is 78.0 Å². The molecular formula is C26H23F3N4O3. The van der Waals surface area contributed by atoms with Gasteiger partial charge in [0, 0.05) is 54.1 Å². The molecule has 0 saturated heterocycles. The highest BCUT2D eigenvalue weighted by Gasteiger charge is 2.40. The van der Waals surface area contributed by atoms with E-state index >= 15 is 0 Å². The maximum absolute atomic E-state index is 14.0. The van der Waals surface area contributed by atoms with Gasteiger partial charge in [-0.15, -0.1) is 0 Å². The third-order valence-corrected chi connectivity index (χ3v) is 5.96. The summed E-state index contributed by atoms with van der Waals surface area (Å²) in [5.74, 6) is -1.97. The number of para-hydroxylation sites is 1. The van der Waals surface area contributed by atoms with Crippen LogP contribution >= 0.6 is 0 Å². The molecular weight excluding hydrogens is 473 g/mol. The lowest BCUT2D eigenvalue weighted by Crippen LogP contribution is -2.27. The monoisotopic (exact) mass is 496 g/mol. The van der Waals surface area contributed by atoms with Gasteiger partial charge in [-0.05, 0) is 36.8 Å². The fourth-order valence-electron chi connectivity index (χ4n) is 4.20. The van der Waals surface area contributed by atoms with Gasteiger partial charge < -0.3 is 15.2 Å². The number of alkyl halides is 3. The van der Waals surface area contributed by atoms with E-state index in [4.69, 9.17) is 0 Å². The Morgan fingerprint density at radius 2 is 1.78 bits per heavy atom. The summed E-state index contributed by atoms with van der Waals surface area (Å²) in [4.78, 5) is 41.7. The van der Waals surface area contributed by atoms with Crippen molar-refractivity contribution in [3.63, 3.8) is 0 Å². The first-order valence-corrected chi connectivity index (χ1v) is 11.1. The van der Waals surface area contributed by atoms with Crippen LogP contribution in [0.5, 0.6) is 0 Å². The molecule has 0 spiro atoms. The number of anilines is 1. The van der Waals surface area contributed by atoms with Crippen molar-refractivity contribution in [2.24, 2.45) is 0 Å². The van der Waals surface area contributed by atoms with Crippen LogP contribution in [0.15, 0.2) is 61.3 Å². The largest absolute Gasteiger partial charge is 0.417 e. The van der Waals surface area contributed by atoms with Gasteiger partial charge in [0.1, 0.15) is 0 Å². The number of amides is 3. The number of hydrogen-bond donors (Lipinski definition) is 3. The highest BCUT2D eigenvalue weighted by molar-refractivity contribution is 6.50. The average Bonchev–Trinajstić information content (AvgIpc) is 3.39. The number of H-pyrrole nitrogens is 1. The first-order chi connectivity index (χ1) is 17.1. The minimum atomic E-state index is -4.76. The van der Waals surface area contributed by atoms with E-state index in [0.717, 1.165) is 12.1 Å². The molecule has 186 valence electrons. The zero-order valence-electron chi connectivity index (χ0n) is 19.3. The summed E-state index contributed by atoms with van der Waals surface area (Å²) >= 11 is 0. The van der Waals surface area contributed by atoms with Crippen LogP contribution in [-0.4, -0.2) is 42.8 Å². The molecule has 0 bridgehead atoms. The van der Waals surface area contributed by atoms with Crippen LogP contribution in [0.4, 0.5) is 18.9 Å². The van der Waals surface area contributed by atoms with Crippen LogP contribution in [0.25, 0.3) is 22.0 Å². The Bertz CT molecular complexity index is 1400. The van der Waals surface area contributed by atoms with E-state index in [-0.39, 0.29) is 22.6 Å². The van der Waals surface area contributed by atoms with Crippen LogP contribution in [0.2, 0.25) is 0 Å². The Hall–Kier alpha value is -4.34. The van der Waals surface area contributed by atoms with Crippen LogP contribution < -0.4 is 15.5 Å². The second-order valence-corrected chi connectivity index (χ2v) is 8.28. The number of benzene rings is 2. The second kappa shape index (κ2) is 9.73. The number of carbonyl (C=O) groups excluding carboxylic acids is 3. The SMILES string of the molecule is C=CC(=O)NCCCN(C)c1ccc(C(F)(F)F)c(C2=C(c3c[nH]c4ccccc34)C(=O)NC2=O)c1. The first-order valence-electron chi connectivity index (χ1n) is 11.1. The molecule has 3 amide bonds. The summed E-state index contributed by atoms with van der Waals surface area (Å²) in [6.07, 6.45) is -1.57. The van der Waals surface area contributed by atoms with Gasteiger partial charge in [0.05, 0.1) is 16.7 Å². The fourth-order valence-corrected chi connectivity index (χ4v) is 4.20. The molecule has 7 nitrogen and oxygen atoms in total. The van der Waals surface area contributed by atoms with Crippen molar-refractivity contribution in [1.29, 1.82) is 0 Å². The second-order valence-electron chi connectivity index (χ2n) is 8.28. The van der Waals surface area contributed by atoms with Crippen molar-refractivity contribution >= 4 is 45.5 Å². The lowest BCUT2D eigenvalue weighted by atomic mass is 9.92. The maximum atomic E-state index is 14.0. The number of carbonyl (C=O) groups is 3. The fraction of sp³-hybridized carbons (Fsp3) is 0.192. The Morgan fingerprint density at radius 3 is 2.47 bits per heavy atom. The number of aromatic amines is 1. The highest BCUT2D eigenvalue weighted by Crippen LogP contribution is 2.42. The molecule has 36 heavy (non-hydrogen) atoms. The van der Waals surface area contributed by atoms with E-state index in [1.807, 2.05) is 0 Å². The van der Waals surface area contributed by atoms with E-state index in [1.165, 1.54) is 18.3 Å². The third kappa shape index (κ3) is 4.74. The van der Waals surface area contributed by atoms with Crippen LogP contribution in [0.3, 0.4) is 0 Å². The van der Waals surface area contributed by atoms with Gasteiger partial charge >= 0.3 is 6.18 Å². The zero-order valence-corrected chi connectivity index (χ0v) is 19.3. The van der Waals surface area contributed by atoms with Gasteiger partial charge in [0.15, 0.2) is 0 Å². The number of aromatic nitrogens is 1. The first kappa shape index (κ1) is 24.8. The van der Waals surface area contributed by atoms with Crippen molar-refractivity contribution in [1.82, 2.24) is 15.6 Å². The molecule has 0 unspecified atom stereocenters. The molecule has 4 rings (SSSR count). The molecule has 1 aliphatic rings. The molecule has 3 N–H and O–H groups in total. The van der Waals surface area contributed by atoms with E-state index in [9.17, 15) is 27.6 Å². The molecule has 0 atom stereocenters. The summed E-state index contributed by atoms with van der Waals surface area (Å²) in [5.41, 5.74) is -0.398. The van der Waals surface area contributed by atoms with E-state index in [2.05, 4.69) is 22.2 Å². The average molecular weight is 496 g/mol. The maximum Gasteiger partial charge on any atom is 0.417 e. The summed E-state index contributed by atoms with van der Waals surface area (Å²) in [7, 11) is 1.69. The molecule has 1 aliphatic heterocycles. The summed E-state index contributed by atoms with van der Waals surface area (Å²) in [6, 6.07) is 10.5. The van der Waals surface area contributed by atoms with Gasteiger partial charge in [-0.25, -0.2) is 0 Å². The van der Waals surface area contributed by atoms with Gasteiger partial charge in [0.25, 0.3) is 11.8 Å². The van der Waals surface area contributed by atoms with Crippen molar-refractivity contribution in [2.45, 2.75) is 12.6 Å². The number of imide groups is 1. The van der Waals surface area contributed by atoms with Gasteiger partial charge in [-0.2, -0.15) is 13.2 Å². The van der Waals surface area contributed by atoms with E-state index in [0.29, 0.717) is 41.7 Å². The topological polar surface area (TPSA) is 94.3 Å². The van der Waals surface area contributed by atoms with Crippen molar-refractivity contribution in [2.75, 3.05) is 25.0 Å². The smallest absolute Gasteiger partial charge is 0.375 e. The molecule has 3 aromatic rings. The Kier molecular flexibility index (Phi) is 6.69. The number of hydrogen-bond acceptors (Lipinski definition) is 4. The molecule has 2 aromatic carbocycles. The van der Waals surface area contributed by atoms with E-state index in [1.54, 1.807) is 36.2 Å². The van der Waals surface area contributed by atoms with Crippen LogP contribution in [0, 0.1) is 0 Å². The van der Waals surface area contributed by atoms with Crippen molar-refractivity contribution in [3.8, 4) is 0 Å². The van der Waals surface area contributed by atoms with Gasteiger partial charge in [0.2, 0.25) is 5.91 Å². The molecule has 0 saturated carbocycles. The molecule has 0 radical (unpaired) electrons. The molecule has 0 fully saturated rings. The predicted octanol–water partition coefficient (Wildman–Crippen LogP) is 3.88. The molecule has 2 heterocycles. The summed E-state index contributed by atoms with van der Waals surface area (Å²) in [6.45, 7) is 4.15. The number of halogens is 3. The standard InChI is InChI=1S/C26H23F3N4O3/c1-3-21(34)30-11-6-12-33(2)15-9-10-19(26(27,28)29)17(13-15)22-23(25(36)32-24(22)35)18-14-31-20-8-5-4-7-16(18)20/h3-5,7-10,13-14,31H,1,6,11-12H2,2H3,(H,30,34)(H,32,35,36). The highest BCUT2D eigenvalue weighted by atomic mass is 19.4. The molecule has 0 aliphatic carbocycles. The number of rotatable bonds is 8. The van der Waals surface area contributed by atoms with E-state index < -0.39 is 23.6 Å². The Morgan fingerprint density at radius 1 is 1.08 bits per heavy atom. The molecule has 10 heteroatoms. The zero-order chi connectivity index (χ0) is 26.0. The lowest BCUT2D eigenvalue weighted by Gasteiger charge is -2.22. The summed E-state index contributed by atoms with van der Waals surface area (Å²) < 4.78 is 42.1. The third-order valence-electron chi connectivity index (χ3n) is 5.96. The summed E-state index contributed by atoms with van der Waals surface area (Å²) in [5, 5.41) is 5.41. The van der Waals surface area contributed by atoms with Gasteiger partial charge in [-0.3, -0.25) is 19.7 Å². The van der Waals surface area contributed by atoms with Gasteiger partial charge in [-0.1, -0.05) is 24.8 Å². The lowest BCUT2D eigenvalue weighted by molar-refractivity contribution is -0.137. The van der Waals surface area contributed by atoms with Crippen LogP contribution in [0.1, 0.15) is 23.1 Å². The minimum absolute atomic E-state index is 0.116. The Labute approximate surface area is 204 Å².